The molecule has 0 aliphatic carbocycles. The molecule has 182 valence electrons. The molecule has 1 aromatic rings. The summed E-state index contributed by atoms with van der Waals surface area (Å²) >= 11 is 0. The lowest BCUT2D eigenvalue weighted by molar-refractivity contribution is -0.145. The Balaban J connectivity index is 2.11. The van der Waals surface area contributed by atoms with E-state index in [0.29, 0.717) is 31.8 Å². The fraction of sp³-hybridized carbons (Fsp3) is 0.652. The molecule has 1 aromatic carbocycles. The molecule has 0 saturated carbocycles. The first-order valence-corrected chi connectivity index (χ1v) is 11.0. The summed E-state index contributed by atoms with van der Waals surface area (Å²) in [6, 6.07) is 0. The maximum absolute atomic E-state index is 13.5. The molecule has 0 aromatic heterocycles. The first-order chi connectivity index (χ1) is 15.1. The van der Waals surface area contributed by atoms with Crippen molar-refractivity contribution in [2.45, 2.75) is 84.7 Å². The third-order valence-corrected chi connectivity index (χ3v) is 4.88. The van der Waals surface area contributed by atoms with Gasteiger partial charge in [0.2, 0.25) is 5.82 Å². The number of unbranched alkanes of at least 4 members (excludes halogenated alkanes) is 5. The number of halogens is 5. The predicted molar refractivity (Wildman–Crippen MR) is 108 cm³/mol. The largest absolute Gasteiger partial charge is 0.466 e. The highest BCUT2D eigenvalue weighted by atomic mass is 19.2. The number of carbonyl (C=O) groups is 2. The third-order valence-electron chi connectivity index (χ3n) is 4.88. The van der Waals surface area contributed by atoms with Gasteiger partial charge in [-0.1, -0.05) is 39.5 Å². The van der Waals surface area contributed by atoms with Gasteiger partial charge in [0.05, 0.1) is 12.2 Å². The number of benzene rings is 1. The van der Waals surface area contributed by atoms with Crippen LogP contribution in [-0.4, -0.2) is 18.5 Å². The van der Waals surface area contributed by atoms with E-state index in [0.717, 1.165) is 38.5 Å². The molecule has 0 heterocycles. The van der Waals surface area contributed by atoms with Gasteiger partial charge in [0.15, 0.2) is 23.3 Å². The monoisotopic (exact) mass is 466 g/mol. The minimum absolute atomic E-state index is 0.0297. The normalized spacial score (nSPS) is 11.1. The van der Waals surface area contributed by atoms with E-state index >= 15 is 0 Å². The van der Waals surface area contributed by atoms with Gasteiger partial charge in [-0.15, -0.1) is 0 Å². The summed E-state index contributed by atoms with van der Waals surface area (Å²) in [5, 5.41) is 0. The van der Waals surface area contributed by atoms with Crippen LogP contribution in [-0.2, 0) is 25.7 Å². The Hall–Kier alpha value is -2.19. The fourth-order valence-corrected chi connectivity index (χ4v) is 3.00. The highest BCUT2D eigenvalue weighted by molar-refractivity contribution is 5.69. The minimum Gasteiger partial charge on any atom is -0.466 e. The average Bonchev–Trinajstić information content (AvgIpc) is 2.75. The molecule has 0 amide bonds. The van der Waals surface area contributed by atoms with Crippen molar-refractivity contribution in [3.05, 3.63) is 34.6 Å². The number of ether oxygens (including phenoxy) is 2. The summed E-state index contributed by atoms with van der Waals surface area (Å²) < 4.78 is 76.1. The Morgan fingerprint density at radius 1 is 0.656 bits per heavy atom. The standard InChI is InChI=1S/C23H31F5O4/c1-15(2)10-9-13-31-17(29)11-7-5-3-4-6-8-12-18(30)32-14-16-19(24)21(26)23(28)22(27)20(16)25/h15H,3-14H2,1-2H3. The molecular formula is C23H31F5O4. The summed E-state index contributed by atoms with van der Waals surface area (Å²) in [6.07, 6.45) is 6.70. The molecule has 9 heteroatoms. The van der Waals surface area contributed by atoms with Gasteiger partial charge in [-0.25, -0.2) is 22.0 Å². The van der Waals surface area contributed by atoms with Gasteiger partial charge in [-0.3, -0.25) is 9.59 Å². The molecular weight excluding hydrogens is 435 g/mol. The van der Waals surface area contributed by atoms with Crippen LogP contribution in [0.5, 0.6) is 0 Å². The van der Waals surface area contributed by atoms with E-state index in [1.54, 1.807) is 0 Å². The molecule has 1 rings (SSSR count). The molecule has 0 unspecified atom stereocenters. The molecule has 0 spiro atoms. The molecule has 0 aliphatic rings. The molecule has 0 saturated heterocycles. The van der Waals surface area contributed by atoms with Crippen LogP contribution in [0.4, 0.5) is 22.0 Å². The Morgan fingerprint density at radius 3 is 1.59 bits per heavy atom. The second kappa shape index (κ2) is 14.8. The number of rotatable bonds is 15. The van der Waals surface area contributed by atoms with Crippen molar-refractivity contribution in [2.24, 2.45) is 5.92 Å². The number of hydrogen-bond acceptors (Lipinski definition) is 4. The SMILES string of the molecule is CC(C)CCCOC(=O)CCCCCCCCC(=O)OCc1c(F)c(F)c(F)c(F)c1F. The lowest BCUT2D eigenvalue weighted by Gasteiger charge is -2.09. The summed E-state index contributed by atoms with van der Waals surface area (Å²) in [4.78, 5) is 23.2. The molecule has 0 fully saturated rings. The van der Waals surface area contributed by atoms with Gasteiger partial charge in [0.25, 0.3) is 0 Å². The van der Waals surface area contributed by atoms with Crippen molar-refractivity contribution in [1.82, 2.24) is 0 Å². The van der Waals surface area contributed by atoms with Gasteiger partial charge < -0.3 is 9.47 Å². The summed E-state index contributed by atoms with van der Waals surface area (Å²) in [5.74, 6) is -10.8. The maximum atomic E-state index is 13.5. The molecule has 32 heavy (non-hydrogen) atoms. The van der Waals surface area contributed by atoms with Crippen molar-refractivity contribution < 1.29 is 41.0 Å². The van der Waals surface area contributed by atoms with E-state index in [9.17, 15) is 31.5 Å². The van der Waals surface area contributed by atoms with Gasteiger partial charge in [-0.05, 0) is 31.6 Å². The zero-order valence-corrected chi connectivity index (χ0v) is 18.6. The zero-order valence-electron chi connectivity index (χ0n) is 18.6. The Morgan fingerprint density at radius 2 is 1.09 bits per heavy atom. The number of carbonyl (C=O) groups excluding carboxylic acids is 2. The van der Waals surface area contributed by atoms with Crippen LogP contribution in [0.3, 0.4) is 0 Å². The highest BCUT2D eigenvalue weighted by Gasteiger charge is 2.26. The van der Waals surface area contributed by atoms with Gasteiger partial charge in [0.1, 0.15) is 6.61 Å². The van der Waals surface area contributed by atoms with Crippen molar-refractivity contribution in [1.29, 1.82) is 0 Å². The van der Waals surface area contributed by atoms with Crippen LogP contribution in [0.25, 0.3) is 0 Å². The quantitative estimate of drug-likeness (QED) is 0.0970. The van der Waals surface area contributed by atoms with Gasteiger partial charge in [0, 0.05) is 12.8 Å². The van der Waals surface area contributed by atoms with Crippen LogP contribution in [0, 0.1) is 35.0 Å². The first-order valence-electron chi connectivity index (χ1n) is 11.0. The predicted octanol–water partition coefficient (Wildman–Crippen LogP) is 6.53. The smallest absolute Gasteiger partial charge is 0.306 e. The molecule has 0 radical (unpaired) electrons. The van der Waals surface area contributed by atoms with E-state index in [1.807, 2.05) is 0 Å². The van der Waals surface area contributed by atoms with Crippen molar-refractivity contribution in [3.63, 3.8) is 0 Å². The Labute approximate surface area is 185 Å². The maximum Gasteiger partial charge on any atom is 0.306 e. The van der Waals surface area contributed by atoms with Crippen molar-refractivity contribution >= 4 is 11.9 Å². The van der Waals surface area contributed by atoms with Crippen LogP contribution in [0.1, 0.15) is 83.6 Å². The van der Waals surface area contributed by atoms with Crippen LogP contribution in [0.2, 0.25) is 0 Å². The Bertz CT molecular complexity index is 723. The Kier molecular flexibility index (Phi) is 12.9. The summed E-state index contributed by atoms with van der Waals surface area (Å²) in [7, 11) is 0. The topological polar surface area (TPSA) is 52.6 Å². The third kappa shape index (κ3) is 9.96. The van der Waals surface area contributed by atoms with Gasteiger partial charge >= 0.3 is 11.9 Å². The van der Waals surface area contributed by atoms with Crippen molar-refractivity contribution in [2.75, 3.05) is 6.61 Å². The summed E-state index contributed by atoms with van der Waals surface area (Å²) in [5.41, 5.74) is -1.17. The zero-order chi connectivity index (χ0) is 24.1. The number of hydrogen-bond donors (Lipinski definition) is 0. The van der Waals surface area contributed by atoms with E-state index < -0.39 is 47.2 Å². The molecule has 0 aliphatic heterocycles. The van der Waals surface area contributed by atoms with E-state index in [4.69, 9.17) is 4.74 Å². The second-order valence-corrected chi connectivity index (χ2v) is 8.09. The van der Waals surface area contributed by atoms with Gasteiger partial charge in [-0.2, -0.15) is 0 Å². The molecule has 0 bridgehead atoms. The lowest BCUT2D eigenvalue weighted by Crippen LogP contribution is -2.11. The van der Waals surface area contributed by atoms with Crippen LogP contribution in [0.15, 0.2) is 0 Å². The minimum atomic E-state index is -2.26. The van der Waals surface area contributed by atoms with Crippen molar-refractivity contribution in [3.8, 4) is 0 Å². The molecule has 0 atom stereocenters. The molecule has 4 nitrogen and oxygen atoms in total. The van der Waals surface area contributed by atoms with Crippen LogP contribution >= 0.6 is 0 Å². The number of esters is 2. The average molecular weight is 466 g/mol. The fourth-order valence-electron chi connectivity index (χ4n) is 3.00. The van der Waals surface area contributed by atoms with E-state index in [1.165, 1.54) is 0 Å². The summed E-state index contributed by atoms with van der Waals surface area (Å²) in [6.45, 7) is 3.66. The van der Waals surface area contributed by atoms with E-state index in [2.05, 4.69) is 18.6 Å². The second-order valence-electron chi connectivity index (χ2n) is 8.09. The first kappa shape index (κ1) is 27.8. The van der Waals surface area contributed by atoms with E-state index in [-0.39, 0.29) is 12.4 Å². The molecule has 0 N–H and O–H groups in total. The van der Waals surface area contributed by atoms with Crippen LogP contribution < -0.4 is 0 Å². The highest BCUT2D eigenvalue weighted by Crippen LogP contribution is 2.23. The lowest BCUT2D eigenvalue weighted by atomic mass is 10.1.